The number of ether oxygens (including phenoxy) is 1. The summed E-state index contributed by atoms with van der Waals surface area (Å²) in [5, 5.41) is 4.83. The van der Waals surface area contributed by atoms with Crippen LogP contribution in [0.25, 0.3) is 0 Å². The number of sulfonamides is 1. The summed E-state index contributed by atoms with van der Waals surface area (Å²) in [7, 11) is -4.04. The van der Waals surface area contributed by atoms with Gasteiger partial charge in [0, 0.05) is 6.07 Å². The fourth-order valence-corrected chi connectivity index (χ4v) is 1.63. The van der Waals surface area contributed by atoms with Crippen LogP contribution >= 0.6 is 0 Å². The van der Waals surface area contributed by atoms with Gasteiger partial charge < -0.3 is 4.74 Å². The number of hydrogen-bond donors (Lipinski definition) is 1. The first kappa shape index (κ1) is 11.9. The van der Waals surface area contributed by atoms with Crippen molar-refractivity contribution in [1.82, 2.24) is 0 Å². The van der Waals surface area contributed by atoms with Gasteiger partial charge in [0.25, 0.3) is 0 Å². The third-order valence-electron chi connectivity index (χ3n) is 1.68. The molecule has 0 aliphatic carbocycles. The van der Waals surface area contributed by atoms with E-state index in [9.17, 15) is 12.8 Å². The predicted molar refractivity (Wildman–Crippen MR) is 53.6 cm³/mol. The van der Waals surface area contributed by atoms with Gasteiger partial charge in [-0.3, -0.25) is 0 Å². The summed E-state index contributed by atoms with van der Waals surface area (Å²) in [6.07, 6.45) is 0.780. The highest BCUT2D eigenvalue weighted by molar-refractivity contribution is 7.89. The SMILES string of the molecule is CCCOc1ccc(F)c(S(N)(=O)=O)c1. The van der Waals surface area contributed by atoms with Gasteiger partial charge in [-0.05, 0) is 18.6 Å². The smallest absolute Gasteiger partial charge is 0.241 e. The van der Waals surface area contributed by atoms with Crippen LogP contribution in [0.1, 0.15) is 13.3 Å². The van der Waals surface area contributed by atoms with E-state index in [2.05, 4.69) is 0 Å². The summed E-state index contributed by atoms with van der Waals surface area (Å²) in [4.78, 5) is -0.545. The number of hydrogen-bond acceptors (Lipinski definition) is 3. The summed E-state index contributed by atoms with van der Waals surface area (Å²) in [6.45, 7) is 2.35. The minimum Gasteiger partial charge on any atom is -0.494 e. The average Bonchev–Trinajstić information content (AvgIpc) is 2.15. The Balaban J connectivity index is 3.06. The first-order valence-electron chi connectivity index (χ1n) is 4.40. The fraction of sp³-hybridized carbons (Fsp3) is 0.333. The molecule has 0 spiro atoms. The zero-order valence-electron chi connectivity index (χ0n) is 8.23. The molecule has 0 bridgehead atoms. The first-order chi connectivity index (χ1) is 6.95. The van der Waals surface area contributed by atoms with Crippen molar-refractivity contribution in [3.05, 3.63) is 24.0 Å². The quantitative estimate of drug-likeness (QED) is 0.851. The number of primary sulfonamides is 1. The van der Waals surface area contributed by atoms with Crippen LogP contribution in [0.15, 0.2) is 23.1 Å². The molecule has 0 fully saturated rings. The highest BCUT2D eigenvalue weighted by Gasteiger charge is 2.15. The number of benzene rings is 1. The van der Waals surface area contributed by atoms with Crippen molar-refractivity contribution in [2.24, 2.45) is 5.14 Å². The molecule has 0 heterocycles. The maximum Gasteiger partial charge on any atom is 0.241 e. The monoisotopic (exact) mass is 233 g/mol. The molecule has 0 saturated carbocycles. The molecule has 0 amide bonds. The predicted octanol–water partition coefficient (Wildman–Crippen LogP) is 1.26. The van der Waals surface area contributed by atoms with Crippen LogP contribution in [0, 0.1) is 5.82 Å². The Morgan fingerprint density at radius 3 is 2.67 bits per heavy atom. The van der Waals surface area contributed by atoms with Crippen molar-refractivity contribution >= 4 is 10.0 Å². The van der Waals surface area contributed by atoms with Crippen LogP contribution in [0.5, 0.6) is 5.75 Å². The lowest BCUT2D eigenvalue weighted by Gasteiger charge is -2.06. The highest BCUT2D eigenvalue weighted by atomic mass is 32.2. The zero-order valence-corrected chi connectivity index (χ0v) is 9.05. The molecule has 1 rings (SSSR count). The van der Waals surface area contributed by atoms with E-state index in [4.69, 9.17) is 9.88 Å². The molecular formula is C9H12FNO3S. The fourth-order valence-electron chi connectivity index (χ4n) is 1.01. The standard InChI is InChI=1S/C9H12FNO3S/c1-2-5-14-7-3-4-8(10)9(6-7)15(11,12)13/h3-4,6H,2,5H2,1H3,(H2,11,12,13). The maximum absolute atomic E-state index is 13.1. The van der Waals surface area contributed by atoms with Crippen molar-refractivity contribution < 1.29 is 17.5 Å². The van der Waals surface area contributed by atoms with Crippen LogP contribution in [0.3, 0.4) is 0 Å². The van der Waals surface area contributed by atoms with Gasteiger partial charge in [0.2, 0.25) is 10.0 Å². The molecule has 0 aromatic heterocycles. The maximum atomic E-state index is 13.1. The average molecular weight is 233 g/mol. The molecule has 0 radical (unpaired) electrons. The normalized spacial score (nSPS) is 11.4. The van der Waals surface area contributed by atoms with Gasteiger partial charge in [0.1, 0.15) is 16.5 Å². The molecule has 0 aliphatic rings. The van der Waals surface area contributed by atoms with Gasteiger partial charge in [-0.25, -0.2) is 17.9 Å². The molecule has 0 saturated heterocycles. The van der Waals surface area contributed by atoms with Crippen molar-refractivity contribution in [2.45, 2.75) is 18.2 Å². The summed E-state index contributed by atoms with van der Waals surface area (Å²) in [5.41, 5.74) is 0. The van der Waals surface area contributed by atoms with Crippen LogP contribution in [-0.4, -0.2) is 15.0 Å². The molecular weight excluding hydrogens is 221 g/mol. The second-order valence-corrected chi connectivity index (χ2v) is 4.52. The third kappa shape index (κ3) is 3.17. The number of halogens is 1. The number of rotatable bonds is 4. The first-order valence-corrected chi connectivity index (χ1v) is 5.95. The van der Waals surface area contributed by atoms with E-state index in [1.54, 1.807) is 0 Å². The zero-order chi connectivity index (χ0) is 11.5. The summed E-state index contributed by atoms with van der Waals surface area (Å²) in [5.74, 6) is -0.580. The lowest BCUT2D eigenvalue weighted by molar-refractivity contribution is 0.315. The van der Waals surface area contributed by atoms with Crippen LogP contribution in [-0.2, 0) is 10.0 Å². The summed E-state index contributed by atoms with van der Waals surface area (Å²) in [6, 6.07) is 3.46. The van der Waals surface area contributed by atoms with Gasteiger partial charge in [0.05, 0.1) is 6.61 Å². The molecule has 0 atom stereocenters. The van der Waals surface area contributed by atoms with Crippen molar-refractivity contribution in [2.75, 3.05) is 6.61 Å². The molecule has 1 aromatic carbocycles. The van der Waals surface area contributed by atoms with Crippen molar-refractivity contribution in [3.8, 4) is 5.75 Å². The van der Waals surface area contributed by atoms with Gasteiger partial charge >= 0.3 is 0 Å². The Morgan fingerprint density at radius 1 is 1.47 bits per heavy atom. The molecule has 15 heavy (non-hydrogen) atoms. The molecule has 84 valence electrons. The van der Waals surface area contributed by atoms with Gasteiger partial charge in [-0.15, -0.1) is 0 Å². The lowest BCUT2D eigenvalue weighted by Crippen LogP contribution is -2.14. The van der Waals surface area contributed by atoms with E-state index in [0.717, 1.165) is 18.6 Å². The van der Waals surface area contributed by atoms with Crippen LogP contribution in [0.2, 0.25) is 0 Å². The van der Waals surface area contributed by atoms with Crippen LogP contribution < -0.4 is 9.88 Å². The van der Waals surface area contributed by atoms with Gasteiger partial charge in [-0.2, -0.15) is 0 Å². The second-order valence-electron chi connectivity index (χ2n) is 2.99. The van der Waals surface area contributed by atoms with Crippen LogP contribution in [0.4, 0.5) is 4.39 Å². The Morgan fingerprint density at radius 2 is 2.13 bits per heavy atom. The minimum absolute atomic E-state index is 0.294. The van der Waals surface area contributed by atoms with Crippen molar-refractivity contribution in [1.29, 1.82) is 0 Å². The summed E-state index contributed by atoms with van der Waals surface area (Å²) >= 11 is 0. The molecule has 4 nitrogen and oxygen atoms in total. The van der Waals surface area contributed by atoms with E-state index >= 15 is 0 Å². The van der Waals surface area contributed by atoms with E-state index < -0.39 is 20.7 Å². The Kier molecular flexibility index (Phi) is 3.65. The summed E-state index contributed by atoms with van der Waals surface area (Å²) < 4.78 is 40.2. The van der Waals surface area contributed by atoms with E-state index in [-0.39, 0.29) is 0 Å². The van der Waals surface area contributed by atoms with E-state index in [1.807, 2.05) is 6.92 Å². The highest BCUT2D eigenvalue weighted by Crippen LogP contribution is 2.20. The molecule has 0 aliphatic heterocycles. The molecule has 0 unspecified atom stereocenters. The lowest BCUT2D eigenvalue weighted by atomic mass is 10.3. The molecule has 1 aromatic rings. The Labute approximate surface area is 87.9 Å². The molecule has 6 heteroatoms. The number of nitrogens with two attached hydrogens (primary N) is 1. The largest absolute Gasteiger partial charge is 0.494 e. The third-order valence-corrected chi connectivity index (χ3v) is 2.61. The topological polar surface area (TPSA) is 69.4 Å². The van der Waals surface area contributed by atoms with Gasteiger partial charge in [-0.1, -0.05) is 6.92 Å². The van der Waals surface area contributed by atoms with Crippen molar-refractivity contribution in [3.63, 3.8) is 0 Å². The van der Waals surface area contributed by atoms with E-state index in [0.29, 0.717) is 12.4 Å². The van der Waals surface area contributed by atoms with E-state index in [1.165, 1.54) is 6.07 Å². The molecule has 2 N–H and O–H groups in total. The Bertz CT molecular complexity index is 445. The Hall–Kier alpha value is -1.14. The van der Waals surface area contributed by atoms with Gasteiger partial charge in [0.15, 0.2) is 0 Å². The minimum atomic E-state index is -4.04. The second kappa shape index (κ2) is 4.59.